The number of nitrogens with zero attached hydrogens (tertiary/aromatic N) is 2. The lowest BCUT2D eigenvalue weighted by Gasteiger charge is -2.43. The second kappa shape index (κ2) is 9.25. The summed E-state index contributed by atoms with van der Waals surface area (Å²) in [7, 11) is -4.02. The fourth-order valence-corrected chi connectivity index (χ4v) is 3.15. The third kappa shape index (κ3) is 6.57. The van der Waals surface area contributed by atoms with Gasteiger partial charge in [-0.15, -0.1) is 0 Å². The quantitative estimate of drug-likeness (QED) is 0.617. The van der Waals surface area contributed by atoms with Crippen molar-refractivity contribution in [2.24, 2.45) is 0 Å². The fraction of sp³-hybridized carbons (Fsp3) is 0.421. The van der Waals surface area contributed by atoms with Crippen molar-refractivity contribution >= 4 is 10.1 Å². The lowest BCUT2D eigenvalue weighted by molar-refractivity contribution is 0.0240. The van der Waals surface area contributed by atoms with Gasteiger partial charge >= 0.3 is 0 Å². The summed E-state index contributed by atoms with van der Waals surface area (Å²) in [5.41, 5.74) is 0.956. The van der Waals surface area contributed by atoms with Crippen molar-refractivity contribution in [3.05, 3.63) is 54.1 Å². The summed E-state index contributed by atoms with van der Waals surface area (Å²) >= 11 is 0. The maximum absolute atomic E-state index is 12.6. The smallest absolute Gasteiger partial charge is 0.294 e. The number of hydrogen-bond acceptors (Lipinski definition) is 5. The number of halogens is 1. The van der Waals surface area contributed by atoms with Gasteiger partial charge < -0.3 is 4.74 Å². The molecule has 0 bridgehead atoms. The molecular weight excluding hydrogens is 371 g/mol. The van der Waals surface area contributed by atoms with E-state index in [1.54, 1.807) is 18.2 Å². The molecule has 8 heteroatoms. The second-order valence-corrected chi connectivity index (χ2v) is 8.11. The number of ether oxygens (including phenoxy) is 1. The van der Waals surface area contributed by atoms with Gasteiger partial charge in [-0.25, -0.2) is 4.98 Å². The second-order valence-electron chi connectivity index (χ2n) is 6.69. The Morgan fingerprint density at radius 2 is 1.93 bits per heavy atom. The van der Waals surface area contributed by atoms with Gasteiger partial charge in [0.05, 0.1) is 11.1 Å². The highest BCUT2D eigenvalue weighted by Crippen LogP contribution is 2.21. The summed E-state index contributed by atoms with van der Waals surface area (Å²) < 4.78 is 47.7. The average molecular weight is 396 g/mol. The van der Waals surface area contributed by atoms with E-state index in [9.17, 15) is 12.8 Å². The minimum Gasteiger partial charge on any atom is -0.490 e. The van der Waals surface area contributed by atoms with E-state index in [-0.39, 0.29) is 4.90 Å². The molecule has 27 heavy (non-hydrogen) atoms. The Bertz CT molecular complexity index is 824. The lowest BCUT2D eigenvalue weighted by Crippen LogP contribution is -2.54. The Kier molecular flexibility index (Phi) is 7.29. The van der Waals surface area contributed by atoms with Crippen molar-refractivity contribution in [1.29, 1.82) is 0 Å². The Morgan fingerprint density at radius 3 is 2.37 bits per heavy atom. The van der Waals surface area contributed by atoms with Gasteiger partial charge in [0.25, 0.3) is 10.1 Å². The molecule has 0 radical (unpaired) electrons. The molecule has 1 N–H and O–H groups in total. The molecule has 148 valence electrons. The molecule has 1 atom stereocenters. The van der Waals surface area contributed by atoms with E-state index >= 15 is 0 Å². The van der Waals surface area contributed by atoms with E-state index in [1.807, 2.05) is 6.92 Å². The van der Waals surface area contributed by atoms with Gasteiger partial charge in [-0.1, -0.05) is 17.7 Å². The van der Waals surface area contributed by atoms with Gasteiger partial charge in [-0.3, -0.25) is 9.45 Å². The van der Waals surface area contributed by atoms with Crippen molar-refractivity contribution in [1.82, 2.24) is 9.88 Å². The molecule has 1 aliphatic heterocycles. The number of aryl methyl sites for hydroxylation is 1. The van der Waals surface area contributed by atoms with Crippen molar-refractivity contribution in [2.75, 3.05) is 13.2 Å². The maximum Gasteiger partial charge on any atom is 0.294 e. The predicted molar refractivity (Wildman–Crippen MR) is 101 cm³/mol. The molecular formula is C19H25FN2O4S. The van der Waals surface area contributed by atoms with Gasteiger partial charge in [-0.05, 0) is 51.5 Å². The van der Waals surface area contributed by atoms with Crippen LogP contribution in [0.25, 0.3) is 0 Å². The Balaban J connectivity index is 0.000000208. The Morgan fingerprint density at radius 1 is 1.26 bits per heavy atom. The number of aromatic nitrogens is 1. The zero-order chi connectivity index (χ0) is 20.0. The van der Waals surface area contributed by atoms with Gasteiger partial charge in [0.2, 0.25) is 5.95 Å². The standard InChI is InChI=1S/C12H17FN2O.C7H8O3S/c1-9(2)15-6-5-10(15)8-16-11-3-4-12(13)14-7-11;1-6-2-4-7(5-3-6)11(8,9)10/h3-4,7,9-10H,5-6,8H2,1-2H3;2-5H,1H3,(H,8,9,10)/t10-;/m1./s1. The van der Waals surface area contributed by atoms with Crippen LogP contribution in [0.15, 0.2) is 47.5 Å². The zero-order valence-corrected chi connectivity index (χ0v) is 16.5. The number of rotatable bonds is 5. The predicted octanol–water partition coefficient (Wildman–Crippen LogP) is 3.32. The van der Waals surface area contributed by atoms with E-state index in [2.05, 4.69) is 23.7 Å². The molecule has 2 aromatic rings. The zero-order valence-electron chi connectivity index (χ0n) is 15.7. The monoisotopic (exact) mass is 396 g/mol. The van der Waals surface area contributed by atoms with E-state index in [4.69, 9.17) is 9.29 Å². The first-order chi connectivity index (χ1) is 12.7. The van der Waals surface area contributed by atoms with Crippen LogP contribution in [0.1, 0.15) is 25.8 Å². The largest absolute Gasteiger partial charge is 0.490 e. The third-order valence-electron chi connectivity index (χ3n) is 4.31. The van der Waals surface area contributed by atoms with Crippen LogP contribution in [0.3, 0.4) is 0 Å². The van der Waals surface area contributed by atoms with Crippen LogP contribution in [-0.4, -0.2) is 48.1 Å². The van der Waals surface area contributed by atoms with Crippen molar-refractivity contribution in [2.45, 2.75) is 44.2 Å². The molecule has 6 nitrogen and oxygen atoms in total. The van der Waals surface area contributed by atoms with E-state index in [1.165, 1.54) is 30.8 Å². The van der Waals surface area contributed by atoms with Crippen LogP contribution in [0, 0.1) is 12.9 Å². The lowest BCUT2D eigenvalue weighted by atomic mass is 10.0. The highest BCUT2D eigenvalue weighted by Gasteiger charge is 2.30. The molecule has 0 aliphatic carbocycles. The van der Waals surface area contributed by atoms with E-state index in [0.29, 0.717) is 24.4 Å². The van der Waals surface area contributed by atoms with E-state index in [0.717, 1.165) is 12.1 Å². The topological polar surface area (TPSA) is 79.7 Å². The minimum absolute atomic E-state index is 0.0666. The Hall–Kier alpha value is -2.03. The number of likely N-dealkylation sites (tertiary alicyclic amines) is 1. The molecule has 2 heterocycles. The van der Waals surface area contributed by atoms with Crippen molar-refractivity contribution in [3.8, 4) is 5.75 Å². The van der Waals surface area contributed by atoms with Gasteiger partial charge in [0.15, 0.2) is 0 Å². The number of hydrogen-bond donors (Lipinski definition) is 1. The maximum atomic E-state index is 12.6. The van der Waals surface area contributed by atoms with Crippen LogP contribution < -0.4 is 4.74 Å². The average Bonchev–Trinajstić information content (AvgIpc) is 2.55. The van der Waals surface area contributed by atoms with Gasteiger partial charge in [0, 0.05) is 18.6 Å². The molecule has 1 fully saturated rings. The van der Waals surface area contributed by atoms with Crippen molar-refractivity contribution in [3.63, 3.8) is 0 Å². The molecule has 1 aromatic heterocycles. The van der Waals surface area contributed by atoms with Gasteiger partial charge in [-0.2, -0.15) is 12.8 Å². The first kappa shape index (κ1) is 21.3. The van der Waals surface area contributed by atoms with Gasteiger partial charge in [0.1, 0.15) is 12.4 Å². The summed E-state index contributed by atoms with van der Waals surface area (Å²) in [5, 5.41) is 0. The molecule has 0 saturated carbocycles. The summed E-state index contributed by atoms with van der Waals surface area (Å²) in [4.78, 5) is 5.88. The third-order valence-corrected chi connectivity index (χ3v) is 5.18. The first-order valence-corrected chi connectivity index (χ1v) is 10.1. The van der Waals surface area contributed by atoms with Crippen molar-refractivity contribution < 1.29 is 22.1 Å². The van der Waals surface area contributed by atoms with Crippen LogP contribution in [0.2, 0.25) is 0 Å². The first-order valence-electron chi connectivity index (χ1n) is 8.71. The molecule has 0 spiro atoms. The summed E-state index contributed by atoms with van der Waals surface area (Å²) in [6.45, 7) is 8.02. The fourth-order valence-electron chi connectivity index (χ4n) is 2.67. The van der Waals surface area contributed by atoms with Crippen LogP contribution in [-0.2, 0) is 10.1 Å². The van der Waals surface area contributed by atoms with Crippen LogP contribution in [0.5, 0.6) is 5.75 Å². The normalized spacial score (nSPS) is 17.0. The van der Waals surface area contributed by atoms with Crippen LogP contribution >= 0.6 is 0 Å². The van der Waals surface area contributed by atoms with Crippen LogP contribution in [0.4, 0.5) is 4.39 Å². The molecule has 3 rings (SSSR count). The van der Waals surface area contributed by atoms with E-state index < -0.39 is 16.1 Å². The summed E-state index contributed by atoms with van der Waals surface area (Å²) in [5.74, 6) is 0.164. The molecule has 1 aliphatic rings. The molecule has 0 unspecified atom stereocenters. The summed E-state index contributed by atoms with van der Waals surface area (Å²) in [6, 6.07) is 9.97. The molecule has 0 amide bonds. The Labute approximate surface area is 159 Å². The highest BCUT2D eigenvalue weighted by atomic mass is 32.2. The molecule has 1 saturated heterocycles. The number of pyridine rings is 1. The number of benzene rings is 1. The highest BCUT2D eigenvalue weighted by molar-refractivity contribution is 7.85. The summed E-state index contributed by atoms with van der Waals surface area (Å²) in [6.07, 6.45) is 2.60. The minimum atomic E-state index is -4.02. The SMILES string of the molecule is CC(C)N1CC[C@@H]1COc1ccc(F)nc1.Cc1ccc(S(=O)(=O)O)cc1. The molecule has 1 aromatic carbocycles.